The second kappa shape index (κ2) is 7.96. The predicted molar refractivity (Wildman–Crippen MR) is 92.8 cm³/mol. The number of amides is 1. The molecule has 0 radical (unpaired) electrons. The molecule has 5 nitrogen and oxygen atoms in total. The van der Waals surface area contributed by atoms with E-state index in [9.17, 15) is 17.6 Å². The third-order valence-corrected chi connectivity index (χ3v) is 5.54. The number of benzene rings is 1. The Balaban J connectivity index is 2.29. The molecule has 1 aliphatic rings. The van der Waals surface area contributed by atoms with Crippen molar-refractivity contribution in [3.05, 3.63) is 30.1 Å². The summed E-state index contributed by atoms with van der Waals surface area (Å²) in [7, 11) is -3.81. The van der Waals surface area contributed by atoms with Crippen LogP contribution in [-0.4, -0.2) is 32.7 Å². The van der Waals surface area contributed by atoms with Crippen LogP contribution in [0, 0.1) is 5.82 Å². The van der Waals surface area contributed by atoms with Crippen molar-refractivity contribution in [1.29, 1.82) is 0 Å². The molecule has 1 fully saturated rings. The fraction of sp³-hybridized carbons (Fsp3) is 0.588. The quantitative estimate of drug-likeness (QED) is 0.852. The van der Waals surface area contributed by atoms with Crippen molar-refractivity contribution >= 4 is 21.6 Å². The molecule has 0 aromatic heterocycles. The molecule has 1 aromatic carbocycles. The van der Waals surface area contributed by atoms with E-state index in [0.29, 0.717) is 0 Å². The van der Waals surface area contributed by atoms with Gasteiger partial charge in [0.15, 0.2) is 0 Å². The van der Waals surface area contributed by atoms with Gasteiger partial charge < -0.3 is 5.32 Å². The van der Waals surface area contributed by atoms with E-state index in [1.165, 1.54) is 18.2 Å². The molecule has 0 spiro atoms. The molecule has 1 amide bonds. The summed E-state index contributed by atoms with van der Waals surface area (Å²) in [5, 5.41) is 2.94. The minimum Gasteiger partial charge on any atom is -0.352 e. The van der Waals surface area contributed by atoms with Crippen molar-refractivity contribution in [2.75, 3.05) is 10.6 Å². The maximum Gasteiger partial charge on any atom is 0.244 e. The zero-order valence-electron chi connectivity index (χ0n) is 14.2. The Morgan fingerprint density at radius 1 is 1.29 bits per heavy atom. The van der Waals surface area contributed by atoms with Gasteiger partial charge in [-0.1, -0.05) is 38.3 Å². The van der Waals surface area contributed by atoms with E-state index in [1.807, 2.05) is 0 Å². The smallest absolute Gasteiger partial charge is 0.244 e. The first-order valence-electron chi connectivity index (χ1n) is 8.39. The van der Waals surface area contributed by atoms with Crippen LogP contribution in [0.3, 0.4) is 0 Å². The predicted octanol–water partition coefficient (Wildman–Crippen LogP) is 2.82. The lowest BCUT2D eigenvalue weighted by molar-refractivity contribution is -0.123. The van der Waals surface area contributed by atoms with Crippen LogP contribution < -0.4 is 9.62 Å². The monoisotopic (exact) mass is 356 g/mol. The molecule has 134 valence electrons. The van der Waals surface area contributed by atoms with E-state index in [4.69, 9.17) is 0 Å². The standard InChI is InChI=1S/C17H25FN2O3S/c1-3-15(17(21)19-13-9-5-4-6-10-13)20(24(2,22)23)16-12-8-7-11-14(16)18/h7-8,11-13,15H,3-6,9-10H2,1-2H3,(H,19,21). The summed E-state index contributed by atoms with van der Waals surface area (Å²) in [6, 6.07) is 4.73. The van der Waals surface area contributed by atoms with Gasteiger partial charge >= 0.3 is 0 Å². The minimum absolute atomic E-state index is 0.0716. The summed E-state index contributed by atoms with van der Waals surface area (Å²) in [6.07, 6.45) is 6.35. The Morgan fingerprint density at radius 2 is 1.92 bits per heavy atom. The third kappa shape index (κ3) is 4.47. The molecule has 1 atom stereocenters. The highest BCUT2D eigenvalue weighted by molar-refractivity contribution is 7.92. The van der Waals surface area contributed by atoms with Crippen molar-refractivity contribution in [3.8, 4) is 0 Å². The molecule has 1 saturated carbocycles. The summed E-state index contributed by atoms with van der Waals surface area (Å²) >= 11 is 0. The number of carbonyl (C=O) groups excluding carboxylic acids is 1. The zero-order chi connectivity index (χ0) is 17.7. The van der Waals surface area contributed by atoms with Crippen LogP contribution >= 0.6 is 0 Å². The van der Waals surface area contributed by atoms with Crippen molar-refractivity contribution < 1.29 is 17.6 Å². The lowest BCUT2D eigenvalue weighted by Crippen LogP contribution is -2.52. The van der Waals surface area contributed by atoms with Crippen molar-refractivity contribution in [2.24, 2.45) is 0 Å². The molecular formula is C17H25FN2O3S. The van der Waals surface area contributed by atoms with E-state index in [-0.39, 0.29) is 24.1 Å². The molecule has 0 aliphatic heterocycles. The molecule has 7 heteroatoms. The minimum atomic E-state index is -3.81. The van der Waals surface area contributed by atoms with Crippen LogP contribution in [0.5, 0.6) is 0 Å². The van der Waals surface area contributed by atoms with E-state index in [2.05, 4.69) is 5.32 Å². The Bertz CT molecular complexity index is 672. The second-order valence-electron chi connectivity index (χ2n) is 6.28. The SMILES string of the molecule is CCC(C(=O)NC1CCCCC1)N(c1ccccc1F)S(C)(=O)=O. The van der Waals surface area contributed by atoms with Gasteiger partial charge in [-0.3, -0.25) is 9.10 Å². The molecule has 0 heterocycles. The van der Waals surface area contributed by atoms with Gasteiger partial charge in [0.1, 0.15) is 11.9 Å². The van der Waals surface area contributed by atoms with Gasteiger partial charge in [-0.25, -0.2) is 12.8 Å². The van der Waals surface area contributed by atoms with Gasteiger partial charge in [-0.05, 0) is 31.4 Å². The third-order valence-electron chi connectivity index (χ3n) is 4.37. The molecule has 2 rings (SSSR count). The van der Waals surface area contributed by atoms with Gasteiger partial charge in [0.25, 0.3) is 0 Å². The lowest BCUT2D eigenvalue weighted by Gasteiger charge is -2.32. The Hall–Kier alpha value is -1.63. The van der Waals surface area contributed by atoms with Crippen LogP contribution in [0.2, 0.25) is 0 Å². The van der Waals surface area contributed by atoms with Crippen LogP contribution in [-0.2, 0) is 14.8 Å². The van der Waals surface area contributed by atoms with Gasteiger partial charge in [0, 0.05) is 6.04 Å². The second-order valence-corrected chi connectivity index (χ2v) is 8.14. The van der Waals surface area contributed by atoms with Crippen molar-refractivity contribution in [2.45, 2.75) is 57.5 Å². The molecule has 1 aliphatic carbocycles. The summed E-state index contributed by atoms with van der Waals surface area (Å²) in [5.74, 6) is -1.02. The summed E-state index contributed by atoms with van der Waals surface area (Å²) in [6.45, 7) is 1.73. The van der Waals surface area contributed by atoms with Gasteiger partial charge in [-0.2, -0.15) is 0 Å². The first kappa shape index (κ1) is 18.7. The highest BCUT2D eigenvalue weighted by Crippen LogP contribution is 2.26. The Labute approximate surface area is 143 Å². The molecule has 24 heavy (non-hydrogen) atoms. The van der Waals surface area contributed by atoms with Gasteiger partial charge in [-0.15, -0.1) is 0 Å². The average Bonchev–Trinajstić information content (AvgIpc) is 2.53. The molecule has 0 bridgehead atoms. The number of anilines is 1. The number of nitrogens with zero attached hydrogens (tertiary/aromatic N) is 1. The molecule has 0 saturated heterocycles. The lowest BCUT2D eigenvalue weighted by atomic mass is 9.95. The van der Waals surface area contributed by atoms with Crippen LogP contribution in [0.1, 0.15) is 45.4 Å². The van der Waals surface area contributed by atoms with Crippen molar-refractivity contribution in [1.82, 2.24) is 5.32 Å². The highest BCUT2D eigenvalue weighted by atomic mass is 32.2. The van der Waals surface area contributed by atoms with E-state index in [0.717, 1.165) is 42.7 Å². The van der Waals surface area contributed by atoms with Crippen LogP contribution in [0.15, 0.2) is 24.3 Å². The number of hydrogen-bond donors (Lipinski definition) is 1. The molecule has 1 aromatic rings. The maximum absolute atomic E-state index is 14.2. The Kier molecular flexibility index (Phi) is 6.21. The number of sulfonamides is 1. The Morgan fingerprint density at radius 3 is 2.46 bits per heavy atom. The van der Waals surface area contributed by atoms with E-state index < -0.39 is 21.9 Å². The average molecular weight is 356 g/mol. The number of nitrogens with one attached hydrogen (secondary N) is 1. The van der Waals surface area contributed by atoms with Gasteiger partial charge in [0.2, 0.25) is 15.9 Å². The number of carbonyl (C=O) groups is 1. The molecule has 1 unspecified atom stereocenters. The zero-order valence-corrected chi connectivity index (χ0v) is 15.0. The fourth-order valence-corrected chi connectivity index (χ4v) is 4.42. The highest BCUT2D eigenvalue weighted by Gasteiger charge is 2.34. The van der Waals surface area contributed by atoms with E-state index >= 15 is 0 Å². The maximum atomic E-state index is 14.2. The van der Waals surface area contributed by atoms with E-state index in [1.54, 1.807) is 13.0 Å². The molecule has 1 N–H and O–H groups in total. The van der Waals surface area contributed by atoms with Crippen molar-refractivity contribution in [3.63, 3.8) is 0 Å². The summed E-state index contributed by atoms with van der Waals surface area (Å²) in [5.41, 5.74) is -0.0920. The fourth-order valence-electron chi connectivity index (χ4n) is 3.21. The number of halogens is 1. The topological polar surface area (TPSA) is 66.5 Å². The number of para-hydroxylation sites is 1. The largest absolute Gasteiger partial charge is 0.352 e. The number of hydrogen-bond acceptors (Lipinski definition) is 3. The summed E-state index contributed by atoms with van der Waals surface area (Å²) < 4.78 is 39.6. The van der Waals surface area contributed by atoms with Crippen LogP contribution in [0.4, 0.5) is 10.1 Å². The molecular weight excluding hydrogens is 331 g/mol. The van der Waals surface area contributed by atoms with Crippen LogP contribution in [0.25, 0.3) is 0 Å². The first-order chi connectivity index (χ1) is 11.3. The summed E-state index contributed by atoms with van der Waals surface area (Å²) in [4.78, 5) is 12.7. The normalized spacial score (nSPS) is 17.3. The number of rotatable bonds is 6. The van der Waals surface area contributed by atoms with Gasteiger partial charge in [0.05, 0.1) is 11.9 Å². The first-order valence-corrected chi connectivity index (χ1v) is 10.2.